The fraction of sp³-hybridized carbons (Fsp3) is 0.391. The highest BCUT2D eigenvalue weighted by Gasteiger charge is 2.24. The minimum atomic E-state index is -0.675. The summed E-state index contributed by atoms with van der Waals surface area (Å²) in [6.45, 7) is 6.68. The number of fused-ring (bicyclic) bond motifs is 1. The molecule has 3 heterocycles. The molecule has 1 N–H and O–H groups in total. The third kappa shape index (κ3) is 5.82. The van der Waals surface area contributed by atoms with Crippen molar-refractivity contribution >= 4 is 28.6 Å². The Bertz CT molecular complexity index is 1080. The molecule has 0 amide bonds. The van der Waals surface area contributed by atoms with Crippen LogP contribution < -0.4 is 10.1 Å². The number of nitrogens with zero attached hydrogens (tertiary/aromatic N) is 4. The van der Waals surface area contributed by atoms with Crippen LogP contribution in [0.1, 0.15) is 32.4 Å². The molecule has 3 aromatic rings. The Kier molecular flexibility index (Phi) is 6.65. The molecule has 4 rings (SSSR count). The van der Waals surface area contributed by atoms with Crippen LogP contribution in [0.5, 0.6) is 5.88 Å². The number of ether oxygens (including phenoxy) is 2. The Morgan fingerprint density at radius 3 is 2.72 bits per heavy atom. The fourth-order valence-electron chi connectivity index (χ4n) is 3.46. The Balaban J connectivity index is 1.32. The highest BCUT2D eigenvalue weighted by atomic mass is 16.8. The lowest BCUT2D eigenvalue weighted by Gasteiger charge is -2.30. The largest absolute Gasteiger partial charge is 0.528 e. The molecule has 2 aromatic heterocycles. The van der Waals surface area contributed by atoms with Gasteiger partial charge in [0.2, 0.25) is 5.88 Å². The van der Waals surface area contributed by atoms with Crippen LogP contribution in [0, 0.1) is 6.92 Å². The molecule has 0 saturated carbocycles. The zero-order valence-electron chi connectivity index (χ0n) is 18.4. The number of nitrogens with one attached hydrogen (secondary N) is 1. The summed E-state index contributed by atoms with van der Waals surface area (Å²) in [6.07, 6.45) is 1.99. The average Bonchev–Trinajstić information content (AvgIpc) is 2.75. The summed E-state index contributed by atoms with van der Waals surface area (Å²) in [5, 5.41) is 5.95. The van der Waals surface area contributed by atoms with Gasteiger partial charge in [0.1, 0.15) is 18.2 Å². The molecule has 168 valence electrons. The van der Waals surface area contributed by atoms with Gasteiger partial charge < -0.3 is 19.6 Å². The lowest BCUT2D eigenvalue weighted by atomic mass is 10.1. The Labute approximate surface area is 186 Å². The first-order chi connectivity index (χ1) is 15.4. The quantitative estimate of drug-likeness (QED) is 0.563. The van der Waals surface area contributed by atoms with Gasteiger partial charge in [-0.15, -0.1) is 5.06 Å². The summed E-state index contributed by atoms with van der Waals surface area (Å²) in [5.41, 5.74) is 2.85. The highest BCUT2D eigenvalue weighted by molar-refractivity contribution is 5.83. The van der Waals surface area contributed by atoms with Gasteiger partial charge in [-0.2, -0.15) is 0 Å². The number of hydrogen-bond acceptors (Lipinski definition) is 9. The van der Waals surface area contributed by atoms with Gasteiger partial charge >= 0.3 is 6.16 Å². The van der Waals surface area contributed by atoms with Crippen LogP contribution in [0.3, 0.4) is 0 Å². The maximum Gasteiger partial charge on any atom is 0.528 e. The number of rotatable bonds is 6. The number of aromatic nitrogens is 3. The molecule has 0 aliphatic carbocycles. The molecule has 9 nitrogen and oxygen atoms in total. The number of hydroxylamine groups is 2. The van der Waals surface area contributed by atoms with Crippen molar-refractivity contribution in [1.82, 2.24) is 20.0 Å². The summed E-state index contributed by atoms with van der Waals surface area (Å²) in [4.78, 5) is 29.9. The molecule has 1 aliphatic rings. The van der Waals surface area contributed by atoms with Crippen molar-refractivity contribution in [3.8, 4) is 5.88 Å². The van der Waals surface area contributed by atoms with Crippen LogP contribution in [-0.4, -0.2) is 51.5 Å². The summed E-state index contributed by atoms with van der Waals surface area (Å²) in [6, 6.07) is 11.8. The second-order valence-electron chi connectivity index (χ2n) is 7.98. The minimum absolute atomic E-state index is 0.0197. The number of pyridine rings is 1. The van der Waals surface area contributed by atoms with Gasteiger partial charge in [0, 0.05) is 48.8 Å². The van der Waals surface area contributed by atoms with Gasteiger partial charge in [-0.25, -0.2) is 14.8 Å². The minimum Gasteiger partial charge on any atom is -0.474 e. The van der Waals surface area contributed by atoms with E-state index in [-0.39, 0.29) is 12.2 Å². The number of carbonyl (C=O) groups is 1. The van der Waals surface area contributed by atoms with Crippen molar-refractivity contribution in [3.63, 3.8) is 0 Å². The summed E-state index contributed by atoms with van der Waals surface area (Å²) in [5.74, 6) is 1.14. The van der Waals surface area contributed by atoms with Gasteiger partial charge in [0.15, 0.2) is 0 Å². The van der Waals surface area contributed by atoms with Crippen molar-refractivity contribution in [3.05, 3.63) is 48.4 Å². The van der Waals surface area contributed by atoms with E-state index < -0.39 is 6.16 Å². The van der Waals surface area contributed by atoms with E-state index in [0.29, 0.717) is 37.6 Å². The normalized spacial score (nSPS) is 15.0. The van der Waals surface area contributed by atoms with Crippen molar-refractivity contribution in [2.24, 2.45) is 0 Å². The fourth-order valence-corrected chi connectivity index (χ4v) is 3.46. The zero-order chi connectivity index (χ0) is 22.5. The number of aryl methyl sites for hydroxylation is 1. The van der Waals surface area contributed by atoms with E-state index in [0.717, 1.165) is 22.3 Å². The SMILES string of the molecule is Cc1ccc2cc(Nc3cc(OC4CCN(OC(=O)OC(C)C)CC4)ncn3)ccc2n1. The molecule has 1 fully saturated rings. The molecule has 0 radical (unpaired) electrons. The summed E-state index contributed by atoms with van der Waals surface area (Å²) >= 11 is 0. The lowest BCUT2D eigenvalue weighted by Crippen LogP contribution is -2.40. The molecule has 1 aromatic carbocycles. The molecule has 9 heteroatoms. The molecule has 1 aliphatic heterocycles. The maximum absolute atomic E-state index is 11.6. The molecule has 1 saturated heterocycles. The third-order valence-corrected chi connectivity index (χ3v) is 4.97. The van der Waals surface area contributed by atoms with Crippen LogP contribution >= 0.6 is 0 Å². The second kappa shape index (κ2) is 9.78. The van der Waals surface area contributed by atoms with Gasteiger partial charge in [-0.3, -0.25) is 4.98 Å². The van der Waals surface area contributed by atoms with Crippen LogP contribution in [0.15, 0.2) is 42.7 Å². The van der Waals surface area contributed by atoms with Crippen LogP contribution in [0.2, 0.25) is 0 Å². The number of carbonyl (C=O) groups excluding carboxylic acids is 1. The number of piperidine rings is 1. The average molecular weight is 438 g/mol. The van der Waals surface area contributed by atoms with Gasteiger partial charge in [0.25, 0.3) is 0 Å². The maximum atomic E-state index is 11.6. The zero-order valence-corrected chi connectivity index (χ0v) is 18.4. The van der Waals surface area contributed by atoms with Crippen molar-refractivity contribution in [2.75, 3.05) is 18.4 Å². The first-order valence-corrected chi connectivity index (χ1v) is 10.7. The van der Waals surface area contributed by atoms with E-state index >= 15 is 0 Å². The standard InChI is InChI=1S/C23H27N5O4/c1-15(2)30-23(29)32-28-10-8-19(9-11-28)31-22-13-21(24-14-25-22)27-18-6-7-20-17(12-18)5-4-16(3)26-20/h4-7,12-15,19H,8-11H2,1-3H3,(H,24,25,27). The van der Waals surface area contributed by atoms with Crippen LogP contribution in [0.4, 0.5) is 16.3 Å². The monoisotopic (exact) mass is 437 g/mol. The number of anilines is 2. The molecular weight excluding hydrogens is 410 g/mol. The predicted octanol–water partition coefficient (Wildman–Crippen LogP) is 4.40. The van der Waals surface area contributed by atoms with Crippen LogP contribution in [-0.2, 0) is 9.57 Å². The second-order valence-corrected chi connectivity index (χ2v) is 7.98. The number of benzene rings is 1. The first-order valence-electron chi connectivity index (χ1n) is 10.7. The van der Waals surface area contributed by atoms with E-state index in [1.54, 1.807) is 25.0 Å². The van der Waals surface area contributed by atoms with E-state index in [1.165, 1.54) is 6.33 Å². The topological polar surface area (TPSA) is 98.7 Å². The molecule has 0 unspecified atom stereocenters. The van der Waals surface area contributed by atoms with E-state index in [2.05, 4.69) is 26.3 Å². The van der Waals surface area contributed by atoms with Crippen molar-refractivity contribution in [1.29, 1.82) is 0 Å². The van der Waals surface area contributed by atoms with Gasteiger partial charge in [-0.05, 0) is 45.0 Å². The van der Waals surface area contributed by atoms with Gasteiger partial charge in [-0.1, -0.05) is 6.07 Å². The van der Waals surface area contributed by atoms with Crippen molar-refractivity contribution in [2.45, 2.75) is 45.8 Å². The molecular formula is C23H27N5O4. The molecule has 0 bridgehead atoms. The van der Waals surface area contributed by atoms with Crippen molar-refractivity contribution < 1.29 is 19.1 Å². The first kappa shape index (κ1) is 21.8. The molecule has 32 heavy (non-hydrogen) atoms. The van der Waals surface area contributed by atoms with E-state index in [1.807, 2.05) is 31.2 Å². The predicted molar refractivity (Wildman–Crippen MR) is 120 cm³/mol. The molecule has 0 atom stereocenters. The van der Waals surface area contributed by atoms with Crippen LogP contribution in [0.25, 0.3) is 10.9 Å². The molecule has 0 spiro atoms. The Morgan fingerprint density at radius 2 is 1.94 bits per heavy atom. The smallest absolute Gasteiger partial charge is 0.474 e. The Hall–Kier alpha value is -3.46. The summed E-state index contributed by atoms with van der Waals surface area (Å²) < 4.78 is 11.0. The van der Waals surface area contributed by atoms with Gasteiger partial charge in [0.05, 0.1) is 11.6 Å². The summed E-state index contributed by atoms with van der Waals surface area (Å²) in [7, 11) is 0. The van der Waals surface area contributed by atoms with E-state index in [4.69, 9.17) is 14.3 Å². The Morgan fingerprint density at radius 1 is 1.12 bits per heavy atom. The van der Waals surface area contributed by atoms with E-state index in [9.17, 15) is 4.79 Å². The third-order valence-electron chi connectivity index (χ3n) is 4.97. The highest BCUT2D eigenvalue weighted by Crippen LogP contribution is 2.23. The lowest BCUT2D eigenvalue weighted by molar-refractivity contribution is -0.151. The number of hydrogen-bond donors (Lipinski definition) is 1.